The molecule has 0 aromatic heterocycles. The van der Waals surface area contributed by atoms with Crippen molar-refractivity contribution in [2.75, 3.05) is 45.8 Å². The van der Waals surface area contributed by atoms with Gasteiger partial charge in [-0.1, -0.05) is 29.8 Å². The molecule has 142 valence electrons. The second-order valence-electron chi connectivity index (χ2n) is 7.43. The zero-order valence-electron chi connectivity index (χ0n) is 15.7. The highest BCUT2D eigenvalue weighted by atomic mass is 16.2. The van der Waals surface area contributed by atoms with E-state index < -0.39 is 6.04 Å². The van der Waals surface area contributed by atoms with Gasteiger partial charge in [0, 0.05) is 39.3 Å². The van der Waals surface area contributed by atoms with Crippen molar-refractivity contribution in [3.8, 4) is 0 Å². The van der Waals surface area contributed by atoms with E-state index in [2.05, 4.69) is 4.90 Å². The number of hydrogen-bond donors (Lipinski definition) is 1. The summed E-state index contributed by atoms with van der Waals surface area (Å²) in [6.45, 7) is 7.18. The number of rotatable bonds is 4. The van der Waals surface area contributed by atoms with E-state index in [1.54, 1.807) is 0 Å². The highest BCUT2D eigenvalue weighted by Crippen LogP contribution is 2.16. The van der Waals surface area contributed by atoms with Crippen molar-refractivity contribution < 1.29 is 9.59 Å². The van der Waals surface area contributed by atoms with Crippen LogP contribution in [0.2, 0.25) is 0 Å². The molecule has 2 aliphatic heterocycles. The molecule has 2 amide bonds. The molecule has 1 atom stereocenters. The van der Waals surface area contributed by atoms with E-state index in [1.807, 2.05) is 41.0 Å². The normalized spacial score (nSPS) is 20.1. The fourth-order valence-corrected chi connectivity index (χ4v) is 3.72. The highest BCUT2D eigenvalue weighted by molar-refractivity contribution is 5.83. The van der Waals surface area contributed by atoms with Gasteiger partial charge in [0.15, 0.2) is 0 Å². The Morgan fingerprint density at radius 2 is 1.58 bits per heavy atom. The minimum absolute atomic E-state index is 0.0263. The van der Waals surface area contributed by atoms with Gasteiger partial charge in [0.05, 0.1) is 6.54 Å². The first-order chi connectivity index (χ1) is 12.5. The van der Waals surface area contributed by atoms with Gasteiger partial charge in [-0.25, -0.2) is 0 Å². The number of nitrogens with two attached hydrogens (primary N) is 1. The SMILES string of the molecule is Cc1ccc(C(N)C(=O)N2CCCN(CC(=O)N3CCCC3)CC2)cc1. The van der Waals surface area contributed by atoms with Crippen molar-refractivity contribution >= 4 is 11.8 Å². The quantitative estimate of drug-likeness (QED) is 0.877. The lowest BCUT2D eigenvalue weighted by molar-refractivity contribution is -0.132. The third-order valence-corrected chi connectivity index (χ3v) is 5.42. The van der Waals surface area contributed by atoms with Crippen LogP contribution in [0, 0.1) is 6.92 Å². The minimum Gasteiger partial charge on any atom is -0.342 e. The second kappa shape index (κ2) is 8.64. The van der Waals surface area contributed by atoms with Crippen LogP contribution in [0.25, 0.3) is 0 Å². The van der Waals surface area contributed by atoms with E-state index >= 15 is 0 Å². The van der Waals surface area contributed by atoms with E-state index in [1.165, 1.54) is 0 Å². The standard InChI is InChI=1S/C20H30N4O2/c1-16-5-7-17(8-6-16)19(21)20(26)24-12-4-9-22(13-14-24)15-18(25)23-10-2-3-11-23/h5-8,19H,2-4,9-15,21H2,1H3. The summed E-state index contributed by atoms with van der Waals surface area (Å²) < 4.78 is 0. The summed E-state index contributed by atoms with van der Waals surface area (Å²) in [5.74, 6) is 0.195. The van der Waals surface area contributed by atoms with Crippen molar-refractivity contribution in [2.24, 2.45) is 5.73 Å². The Labute approximate surface area is 155 Å². The molecule has 0 bridgehead atoms. The Morgan fingerprint density at radius 3 is 2.27 bits per heavy atom. The van der Waals surface area contributed by atoms with Gasteiger partial charge < -0.3 is 15.5 Å². The average Bonchev–Trinajstić information content (AvgIpc) is 3.09. The molecule has 0 radical (unpaired) electrons. The molecule has 2 heterocycles. The molecule has 2 N–H and O–H groups in total. The van der Waals surface area contributed by atoms with Gasteiger partial charge in [-0.2, -0.15) is 0 Å². The summed E-state index contributed by atoms with van der Waals surface area (Å²) in [6, 6.07) is 7.20. The summed E-state index contributed by atoms with van der Waals surface area (Å²) in [5.41, 5.74) is 8.21. The first-order valence-corrected chi connectivity index (χ1v) is 9.65. The molecule has 1 unspecified atom stereocenters. The Kier molecular flexibility index (Phi) is 6.27. The van der Waals surface area contributed by atoms with Crippen molar-refractivity contribution in [3.05, 3.63) is 35.4 Å². The van der Waals surface area contributed by atoms with Crippen molar-refractivity contribution in [1.82, 2.24) is 14.7 Å². The zero-order chi connectivity index (χ0) is 18.5. The molecule has 26 heavy (non-hydrogen) atoms. The monoisotopic (exact) mass is 358 g/mol. The number of nitrogens with zero attached hydrogens (tertiary/aromatic N) is 3. The summed E-state index contributed by atoms with van der Waals surface area (Å²) in [7, 11) is 0. The molecule has 0 saturated carbocycles. The van der Waals surface area contributed by atoms with E-state index in [0.717, 1.165) is 56.6 Å². The number of carbonyl (C=O) groups excluding carboxylic acids is 2. The number of carbonyl (C=O) groups is 2. The van der Waals surface area contributed by atoms with E-state index in [4.69, 9.17) is 5.73 Å². The lowest BCUT2D eigenvalue weighted by Crippen LogP contribution is -2.42. The maximum atomic E-state index is 12.8. The number of amides is 2. The van der Waals surface area contributed by atoms with Crippen LogP contribution in [0.4, 0.5) is 0 Å². The molecular formula is C20H30N4O2. The molecule has 1 aromatic rings. The molecule has 6 heteroatoms. The predicted octanol–water partition coefficient (Wildman–Crippen LogP) is 1.15. The van der Waals surface area contributed by atoms with Crippen molar-refractivity contribution in [3.63, 3.8) is 0 Å². The molecule has 2 aliphatic rings. The van der Waals surface area contributed by atoms with Crippen LogP contribution >= 0.6 is 0 Å². The molecule has 3 rings (SSSR count). The zero-order valence-corrected chi connectivity index (χ0v) is 15.7. The Balaban J connectivity index is 1.53. The third kappa shape index (κ3) is 4.62. The minimum atomic E-state index is -0.617. The molecule has 2 fully saturated rings. The van der Waals surface area contributed by atoms with Crippen molar-refractivity contribution in [1.29, 1.82) is 0 Å². The van der Waals surface area contributed by atoms with Crippen LogP contribution in [-0.2, 0) is 9.59 Å². The van der Waals surface area contributed by atoms with E-state index in [-0.39, 0.29) is 11.8 Å². The summed E-state index contributed by atoms with van der Waals surface area (Å²) in [5, 5.41) is 0. The first kappa shape index (κ1) is 18.9. The fraction of sp³-hybridized carbons (Fsp3) is 0.600. The van der Waals surface area contributed by atoms with Gasteiger partial charge in [-0.15, -0.1) is 0 Å². The first-order valence-electron chi connectivity index (χ1n) is 9.65. The molecule has 1 aromatic carbocycles. The number of likely N-dealkylation sites (tertiary alicyclic amines) is 1. The second-order valence-corrected chi connectivity index (χ2v) is 7.43. The number of benzene rings is 1. The Morgan fingerprint density at radius 1 is 0.923 bits per heavy atom. The molecular weight excluding hydrogens is 328 g/mol. The lowest BCUT2D eigenvalue weighted by Gasteiger charge is -2.25. The fourth-order valence-electron chi connectivity index (χ4n) is 3.72. The van der Waals surface area contributed by atoms with Gasteiger partial charge in [0.25, 0.3) is 0 Å². The van der Waals surface area contributed by atoms with E-state index in [0.29, 0.717) is 19.6 Å². The summed E-state index contributed by atoms with van der Waals surface area (Å²) >= 11 is 0. The number of aryl methyl sites for hydroxylation is 1. The lowest BCUT2D eigenvalue weighted by atomic mass is 10.0. The topological polar surface area (TPSA) is 69.9 Å². The summed E-state index contributed by atoms with van der Waals surface area (Å²) in [6.07, 6.45) is 3.11. The Hall–Kier alpha value is -1.92. The maximum absolute atomic E-state index is 12.8. The molecule has 6 nitrogen and oxygen atoms in total. The summed E-state index contributed by atoms with van der Waals surface area (Å²) in [4.78, 5) is 31.1. The van der Waals surface area contributed by atoms with Crippen LogP contribution in [-0.4, -0.2) is 72.3 Å². The smallest absolute Gasteiger partial charge is 0.244 e. The number of hydrogen-bond acceptors (Lipinski definition) is 4. The maximum Gasteiger partial charge on any atom is 0.244 e. The van der Waals surface area contributed by atoms with Crippen LogP contribution in [0.1, 0.15) is 36.4 Å². The average molecular weight is 358 g/mol. The predicted molar refractivity (Wildman–Crippen MR) is 102 cm³/mol. The molecule has 0 aliphatic carbocycles. The van der Waals surface area contributed by atoms with Gasteiger partial charge in [-0.05, 0) is 31.7 Å². The molecule has 2 saturated heterocycles. The Bertz CT molecular complexity index is 625. The molecule has 0 spiro atoms. The third-order valence-electron chi connectivity index (χ3n) is 5.42. The van der Waals surface area contributed by atoms with Gasteiger partial charge >= 0.3 is 0 Å². The van der Waals surface area contributed by atoms with Crippen LogP contribution in [0.3, 0.4) is 0 Å². The van der Waals surface area contributed by atoms with Crippen molar-refractivity contribution in [2.45, 2.75) is 32.2 Å². The largest absolute Gasteiger partial charge is 0.342 e. The van der Waals surface area contributed by atoms with Crippen LogP contribution in [0.15, 0.2) is 24.3 Å². The van der Waals surface area contributed by atoms with E-state index in [9.17, 15) is 9.59 Å². The van der Waals surface area contributed by atoms with Gasteiger partial charge in [0.2, 0.25) is 11.8 Å². The van der Waals surface area contributed by atoms with Crippen LogP contribution in [0.5, 0.6) is 0 Å². The van der Waals surface area contributed by atoms with Gasteiger partial charge in [-0.3, -0.25) is 14.5 Å². The van der Waals surface area contributed by atoms with Gasteiger partial charge in [0.1, 0.15) is 6.04 Å². The van der Waals surface area contributed by atoms with Crippen LogP contribution < -0.4 is 5.73 Å². The highest BCUT2D eigenvalue weighted by Gasteiger charge is 2.26.